The number of anilines is 1. The minimum Gasteiger partial charge on any atom is -0.480 e. The molecule has 0 fully saturated rings. The second kappa shape index (κ2) is 6.52. The molecule has 0 saturated heterocycles. The van der Waals surface area contributed by atoms with E-state index in [2.05, 4.69) is 87.3 Å². The van der Waals surface area contributed by atoms with E-state index >= 15 is 0 Å². The Morgan fingerprint density at radius 3 is 2.55 bits per heavy atom. The van der Waals surface area contributed by atoms with Gasteiger partial charge in [0.05, 0.1) is 0 Å². The molecule has 0 aromatic heterocycles. The van der Waals surface area contributed by atoms with Crippen LogP contribution in [0.15, 0.2) is 67.2 Å². The molecule has 0 amide bonds. The number of hydrogen-bond donors (Lipinski definition) is 1. The van der Waals surface area contributed by atoms with E-state index in [1.807, 2.05) is 12.1 Å². The van der Waals surface area contributed by atoms with Gasteiger partial charge in [0.1, 0.15) is 11.9 Å². The molecule has 3 aromatic carbocycles. The van der Waals surface area contributed by atoms with Gasteiger partial charge in [-0.15, -0.1) is 0 Å². The van der Waals surface area contributed by atoms with Crippen molar-refractivity contribution in [3.63, 3.8) is 0 Å². The molecule has 0 aliphatic carbocycles. The van der Waals surface area contributed by atoms with E-state index in [9.17, 15) is 0 Å². The quantitative estimate of drug-likeness (QED) is 0.508. The third-order valence-electron chi connectivity index (χ3n) is 6.23. The van der Waals surface area contributed by atoms with E-state index < -0.39 is 0 Å². The zero-order valence-electron chi connectivity index (χ0n) is 17.3. The summed E-state index contributed by atoms with van der Waals surface area (Å²) in [5, 5.41) is 3.77. The van der Waals surface area contributed by atoms with Crippen LogP contribution >= 0.6 is 0 Å². The topological polar surface area (TPSA) is 21.3 Å². The van der Waals surface area contributed by atoms with Crippen molar-refractivity contribution in [3.05, 3.63) is 89.5 Å². The van der Waals surface area contributed by atoms with Crippen molar-refractivity contribution >= 4 is 11.8 Å². The smallest absolute Gasteiger partial charge is 0.150 e. The molecule has 2 heteroatoms. The van der Waals surface area contributed by atoms with Crippen molar-refractivity contribution in [2.24, 2.45) is 0 Å². The lowest BCUT2D eigenvalue weighted by molar-refractivity contribution is 0.241. The zero-order valence-corrected chi connectivity index (χ0v) is 17.3. The van der Waals surface area contributed by atoms with E-state index in [0.717, 1.165) is 23.3 Å². The van der Waals surface area contributed by atoms with Gasteiger partial charge in [0.25, 0.3) is 0 Å². The molecular formula is C27H27NO. The standard InChI is InChI=1S/C27H27NO/c1-5-18-12-9-13-22-24(18)20-14-15-21-23(17(2)16-27(3,4)28-21)25(20)26(29-22)19-10-7-6-8-11-19/h5-15,17,26,28H,1,16H2,2-4H3. The van der Waals surface area contributed by atoms with Gasteiger partial charge < -0.3 is 10.1 Å². The first-order valence-corrected chi connectivity index (χ1v) is 10.4. The van der Waals surface area contributed by atoms with Crippen LogP contribution in [0.1, 0.15) is 61.5 Å². The summed E-state index contributed by atoms with van der Waals surface area (Å²) in [6.45, 7) is 10.9. The number of fused-ring (bicyclic) bond motifs is 5. The van der Waals surface area contributed by atoms with Crippen LogP contribution in [0.3, 0.4) is 0 Å². The van der Waals surface area contributed by atoms with Crippen LogP contribution in [0.25, 0.3) is 17.2 Å². The van der Waals surface area contributed by atoms with Crippen LogP contribution in [-0.2, 0) is 0 Å². The fraction of sp³-hybridized carbons (Fsp3) is 0.259. The third kappa shape index (κ3) is 2.86. The van der Waals surface area contributed by atoms with Gasteiger partial charge in [-0.05, 0) is 60.6 Å². The van der Waals surface area contributed by atoms with Gasteiger partial charge in [0.15, 0.2) is 0 Å². The molecule has 2 aliphatic heterocycles. The summed E-state index contributed by atoms with van der Waals surface area (Å²) in [6.07, 6.45) is 2.91. The van der Waals surface area contributed by atoms with Crippen LogP contribution in [0, 0.1) is 0 Å². The lowest BCUT2D eigenvalue weighted by Crippen LogP contribution is -2.37. The van der Waals surface area contributed by atoms with Crippen LogP contribution in [0.4, 0.5) is 5.69 Å². The van der Waals surface area contributed by atoms with Gasteiger partial charge in [-0.25, -0.2) is 0 Å². The highest BCUT2D eigenvalue weighted by molar-refractivity contribution is 5.87. The molecule has 1 N–H and O–H groups in total. The molecule has 29 heavy (non-hydrogen) atoms. The van der Waals surface area contributed by atoms with Gasteiger partial charge in [0, 0.05) is 22.4 Å². The first kappa shape index (κ1) is 18.1. The van der Waals surface area contributed by atoms with Crippen molar-refractivity contribution < 1.29 is 4.74 Å². The van der Waals surface area contributed by atoms with Crippen LogP contribution < -0.4 is 10.1 Å². The predicted octanol–water partition coefficient (Wildman–Crippen LogP) is 7.18. The Hall–Kier alpha value is -3.00. The summed E-state index contributed by atoms with van der Waals surface area (Å²) in [4.78, 5) is 0. The second-order valence-corrected chi connectivity index (χ2v) is 8.94. The van der Waals surface area contributed by atoms with Crippen molar-refractivity contribution in [2.75, 3.05) is 5.32 Å². The zero-order chi connectivity index (χ0) is 20.2. The monoisotopic (exact) mass is 381 g/mol. The van der Waals surface area contributed by atoms with Crippen LogP contribution in [0.2, 0.25) is 0 Å². The van der Waals surface area contributed by atoms with Crippen molar-refractivity contribution in [1.29, 1.82) is 0 Å². The highest BCUT2D eigenvalue weighted by atomic mass is 16.5. The summed E-state index contributed by atoms with van der Waals surface area (Å²) in [5.41, 5.74) is 8.73. The molecule has 0 saturated carbocycles. The first-order chi connectivity index (χ1) is 14.0. The minimum absolute atomic E-state index is 0.0859. The van der Waals surface area contributed by atoms with E-state index in [0.29, 0.717) is 5.92 Å². The molecule has 146 valence electrons. The molecule has 0 bridgehead atoms. The molecular weight excluding hydrogens is 354 g/mol. The fourth-order valence-corrected chi connectivity index (χ4v) is 5.21. The Morgan fingerprint density at radius 2 is 1.79 bits per heavy atom. The summed E-state index contributed by atoms with van der Waals surface area (Å²) in [7, 11) is 0. The summed E-state index contributed by atoms with van der Waals surface area (Å²) < 4.78 is 6.68. The van der Waals surface area contributed by atoms with E-state index in [1.165, 1.54) is 27.9 Å². The van der Waals surface area contributed by atoms with Crippen molar-refractivity contribution in [1.82, 2.24) is 0 Å². The second-order valence-electron chi connectivity index (χ2n) is 8.94. The average Bonchev–Trinajstić information content (AvgIpc) is 2.71. The molecule has 2 atom stereocenters. The van der Waals surface area contributed by atoms with Gasteiger partial charge in [-0.1, -0.05) is 68.1 Å². The first-order valence-electron chi connectivity index (χ1n) is 10.4. The average molecular weight is 382 g/mol. The maximum absolute atomic E-state index is 6.68. The Balaban J connectivity index is 1.82. The van der Waals surface area contributed by atoms with E-state index in [4.69, 9.17) is 4.74 Å². The molecule has 3 aromatic rings. The van der Waals surface area contributed by atoms with E-state index in [-0.39, 0.29) is 11.6 Å². The third-order valence-corrected chi connectivity index (χ3v) is 6.23. The predicted molar refractivity (Wildman–Crippen MR) is 122 cm³/mol. The lowest BCUT2D eigenvalue weighted by Gasteiger charge is -2.41. The van der Waals surface area contributed by atoms with Gasteiger partial charge in [0.2, 0.25) is 0 Å². The van der Waals surface area contributed by atoms with Crippen molar-refractivity contribution in [2.45, 2.75) is 44.8 Å². The maximum Gasteiger partial charge on any atom is 0.150 e. The summed E-state index contributed by atoms with van der Waals surface area (Å²) >= 11 is 0. The largest absolute Gasteiger partial charge is 0.480 e. The van der Waals surface area contributed by atoms with Gasteiger partial charge in [-0.2, -0.15) is 0 Å². The lowest BCUT2D eigenvalue weighted by atomic mass is 9.75. The summed E-state index contributed by atoms with van der Waals surface area (Å²) in [6, 6.07) is 21.3. The normalized spacial score (nSPS) is 21.1. The number of nitrogens with one attached hydrogen (secondary N) is 1. The molecule has 5 rings (SSSR count). The Labute approximate surface area is 173 Å². The van der Waals surface area contributed by atoms with Gasteiger partial charge >= 0.3 is 0 Å². The molecule has 2 nitrogen and oxygen atoms in total. The Kier molecular flexibility index (Phi) is 4.06. The highest BCUT2D eigenvalue weighted by Crippen LogP contribution is 2.52. The molecule has 0 spiro atoms. The molecule has 0 radical (unpaired) electrons. The minimum atomic E-state index is -0.112. The van der Waals surface area contributed by atoms with E-state index in [1.54, 1.807) is 0 Å². The summed E-state index contributed by atoms with van der Waals surface area (Å²) in [5.74, 6) is 1.38. The van der Waals surface area contributed by atoms with Gasteiger partial charge in [-0.3, -0.25) is 0 Å². The number of benzene rings is 3. The Bertz CT molecular complexity index is 1100. The fourth-order valence-electron chi connectivity index (χ4n) is 5.21. The molecule has 2 unspecified atom stereocenters. The van der Waals surface area contributed by atoms with Crippen LogP contribution in [0.5, 0.6) is 5.75 Å². The number of ether oxygens (including phenoxy) is 1. The number of hydrogen-bond acceptors (Lipinski definition) is 2. The Morgan fingerprint density at radius 1 is 1.00 bits per heavy atom. The highest BCUT2D eigenvalue weighted by Gasteiger charge is 2.37. The SMILES string of the molecule is C=Cc1cccc2c1-c1ccc3c(c1C(c1ccccc1)O2)C(C)CC(C)(C)N3. The van der Waals surface area contributed by atoms with Crippen molar-refractivity contribution in [3.8, 4) is 16.9 Å². The van der Waals surface area contributed by atoms with Crippen LogP contribution in [-0.4, -0.2) is 5.54 Å². The number of rotatable bonds is 2. The molecule has 2 aliphatic rings. The maximum atomic E-state index is 6.68. The molecule has 2 heterocycles.